The van der Waals surface area contributed by atoms with Crippen LogP contribution in [0, 0.1) is 0 Å². The van der Waals surface area contributed by atoms with Crippen LogP contribution in [-0.4, -0.2) is 25.5 Å². The number of nitrogens with one attached hydrogen (secondary N) is 2. The SMILES string of the molecule is CCCNCCNC(=O)c1coc(Br)c1.Cl. The molecule has 92 valence electrons. The number of carbonyl (C=O) groups excluding carboxylic acids is 1. The lowest BCUT2D eigenvalue weighted by Gasteiger charge is -2.04. The van der Waals surface area contributed by atoms with E-state index in [1.807, 2.05) is 0 Å². The van der Waals surface area contributed by atoms with Crippen LogP contribution in [-0.2, 0) is 0 Å². The van der Waals surface area contributed by atoms with E-state index in [0.717, 1.165) is 19.5 Å². The number of amides is 1. The molecule has 0 saturated carbocycles. The van der Waals surface area contributed by atoms with Crippen LogP contribution in [0.2, 0.25) is 0 Å². The topological polar surface area (TPSA) is 54.3 Å². The maximum atomic E-state index is 11.5. The van der Waals surface area contributed by atoms with E-state index < -0.39 is 0 Å². The summed E-state index contributed by atoms with van der Waals surface area (Å²) < 4.78 is 5.54. The highest BCUT2D eigenvalue weighted by Gasteiger charge is 2.07. The third-order valence-electron chi connectivity index (χ3n) is 1.84. The van der Waals surface area contributed by atoms with Crippen molar-refractivity contribution in [1.29, 1.82) is 0 Å². The summed E-state index contributed by atoms with van der Waals surface area (Å²) in [6.45, 7) is 4.50. The third-order valence-corrected chi connectivity index (χ3v) is 2.26. The normalized spacial score (nSPS) is 9.62. The maximum absolute atomic E-state index is 11.5. The van der Waals surface area contributed by atoms with Crippen molar-refractivity contribution in [3.63, 3.8) is 0 Å². The van der Waals surface area contributed by atoms with Gasteiger partial charge in [-0.3, -0.25) is 4.79 Å². The fourth-order valence-corrected chi connectivity index (χ4v) is 1.44. The van der Waals surface area contributed by atoms with Gasteiger partial charge in [-0.15, -0.1) is 12.4 Å². The molecule has 2 N–H and O–H groups in total. The van der Waals surface area contributed by atoms with Crippen LogP contribution in [0.3, 0.4) is 0 Å². The number of rotatable bonds is 6. The molecule has 1 rings (SSSR count). The number of halogens is 2. The quantitative estimate of drug-likeness (QED) is 0.792. The van der Waals surface area contributed by atoms with Gasteiger partial charge in [0.05, 0.1) is 5.56 Å². The summed E-state index contributed by atoms with van der Waals surface area (Å²) in [5.74, 6) is -0.109. The van der Waals surface area contributed by atoms with Crippen molar-refractivity contribution in [3.8, 4) is 0 Å². The molecule has 1 heterocycles. The first kappa shape index (κ1) is 15.5. The molecule has 0 aliphatic rings. The Hall–Kier alpha value is -0.520. The molecule has 16 heavy (non-hydrogen) atoms. The summed E-state index contributed by atoms with van der Waals surface area (Å²) in [7, 11) is 0. The van der Waals surface area contributed by atoms with Crippen molar-refractivity contribution in [1.82, 2.24) is 10.6 Å². The Morgan fingerprint density at radius 3 is 2.75 bits per heavy atom. The first-order valence-electron chi connectivity index (χ1n) is 4.97. The van der Waals surface area contributed by atoms with E-state index in [2.05, 4.69) is 33.5 Å². The van der Waals surface area contributed by atoms with Gasteiger partial charge < -0.3 is 15.1 Å². The monoisotopic (exact) mass is 310 g/mol. The van der Waals surface area contributed by atoms with Crippen molar-refractivity contribution in [3.05, 3.63) is 22.6 Å². The largest absolute Gasteiger partial charge is 0.457 e. The lowest BCUT2D eigenvalue weighted by molar-refractivity contribution is 0.0953. The molecule has 0 unspecified atom stereocenters. The average molecular weight is 312 g/mol. The molecule has 0 radical (unpaired) electrons. The summed E-state index contributed by atoms with van der Waals surface area (Å²) in [5, 5.41) is 5.99. The molecule has 0 spiro atoms. The van der Waals surface area contributed by atoms with Gasteiger partial charge in [0.2, 0.25) is 0 Å². The second kappa shape index (κ2) is 8.61. The van der Waals surface area contributed by atoms with Crippen LogP contribution in [0.25, 0.3) is 0 Å². The highest BCUT2D eigenvalue weighted by atomic mass is 79.9. The highest BCUT2D eigenvalue weighted by molar-refractivity contribution is 9.10. The van der Waals surface area contributed by atoms with Gasteiger partial charge >= 0.3 is 0 Å². The highest BCUT2D eigenvalue weighted by Crippen LogP contribution is 2.13. The molecule has 6 heteroatoms. The maximum Gasteiger partial charge on any atom is 0.254 e. The van der Waals surface area contributed by atoms with E-state index >= 15 is 0 Å². The van der Waals surface area contributed by atoms with E-state index in [1.165, 1.54) is 6.26 Å². The Morgan fingerprint density at radius 1 is 1.44 bits per heavy atom. The molecule has 0 fully saturated rings. The third kappa shape index (κ3) is 5.53. The van der Waals surface area contributed by atoms with E-state index in [-0.39, 0.29) is 18.3 Å². The minimum atomic E-state index is -0.109. The predicted octanol–water partition coefficient (Wildman–Crippen LogP) is 2.19. The number of hydrogen-bond acceptors (Lipinski definition) is 3. The van der Waals surface area contributed by atoms with Crippen molar-refractivity contribution in [2.24, 2.45) is 0 Å². The first-order chi connectivity index (χ1) is 7.24. The molecular weight excluding hydrogens is 295 g/mol. The number of furan rings is 1. The zero-order valence-electron chi connectivity index (χ0n) is 9.09. The molecule has 1 aromatic heterocycles. The summed E-state index contributed by atoms with van der Waals surface area (Å²) >= 11 is 3.14. The second-order valence-corrected chi connectivity index (χ2v) is 3.93. The van der Waals surface area contributed by atoms with Crippen molar-refractivity contribution >= 4 is 34.2 Å². The molecule has 0 aromatic carbocycles. The van der Waals surface area contributed by atoms with Gasteiger partial charge in [-0.05, 0) is 28.9 Å². The van der Waals surface area contributed by atoms with E-state index in [1.54, 1.807) is 6.07 Å². The van der Waals surface area contributed by atoms with E-state index in [9.17, 15) is 4.79 Å². The molecule has 0 atom stereocenters. The minimum Gasteiger partial charge on any atom is -0.457 e. The van der Waals surface area contributed by atoms with Crippen molar-refractivity contribution in [2.75, 3.05) is 19.6 Å². The molecule has 1 aromatic rings. The molecule has 0 aliphatic carbocycles. The second-order valence-electron chi connectivity index (χ2n) is 3.15. The molecule has 0 saturated heterocycles. The first-order valence-corrected chi connectivity index (χ1v) is 5.76. The van der Waals surface area contributed by atoms with Crippen LogP contribution in [0.15, 0.2) is 21.4 Å². The predicted molar refractivity (Wildman–Crippen MR) is 69.1 cm³/mol. The van der Waals surface area contributed by atoms with Gasteiger partial charge in [0.15, 0.2) is 4.67 Å². The Kier molecular flexibility index (Phi) is 8.33. The van der Waals surface area contributed by atoms with Gasteiger partial charge in [-0.2, -0.15) is 0 Å². The van der Waals surface area contributed by atoms with Crippen LogP contribution in [0.4, 0.5) is 0 Å². The van der Waals surface area contributed by atoms with Crippen LogP contribution >= 0.6 is 28.3 Å². The zero-order chi connectivity index (χ0) is 11.1. The summed E-state index contributed by atoms with van der Waals surface area (Å²) in [5.41, 5.74) is 0.539. The summed E-state index contributed by atoms with van der Waals surface area (Å²) in [6, 6.07) is 1.65. The van der Waals surface area contributed by atoms with Crippen molar-refractivity contribution in [2.45, 2.75) is 13.3 Å². The Morgan fingerprint density at radius 2 is 2.19 bits per heavy atom. The smallest absolute Gasteiger partial charge is 0.254 e. The van der Waals surface area contributed by atoms with E-state index in [0.29, 0.717) is 16.8 Å². The Labute approximate surface area is 110 Å². The number of hydrogen-bond donors (Lipinski definition) is 2. The van der Waals surface area contributed by atoms with Gasteiger partial charge in [-0.1, -0.05) is 6.92 Å². The summed E-state index contributed by atoms with van der Waals surface area (Å²) in [6.07, 6.45) is 2.53. The van der Waals surface area contributed by atoms with Crippen LogP contribution in [0.1, 0.15) is 23.7 Å². The Balaban J connectivity index is 0.00000225. The molecule has 1 amide bonds. The Bertz CT molecular complexity index is 318. The lowest BCUT2D eigenvalue weighted by atomic mass is 10.3. The molecular formula is C10H16BrClN2O2. The van der Waals surface area contributed by atoms with Crippen LogP contribution in [0.5, 0.6) is 0 Å². The van der Waals surface area contributed by atoms with Crippen LogP contribution < -0.4 is 10.6 Å². The lowest BCUT2D eigenvalue weighted by Crippen LogP contribution is -2.31. The fourth-order valence-electron chi connectivity index (χ4n) is 1.10. The minimum absolute atomic E-state index is 0. The molecule has 0 aliphatic heterocycles. The van der Waals surface area contributed by atoms with Gasteiger partial charge in [-0.25, -0.2) is 0 Å². The molecule has 0 bridgehead atoms. The zero-order valence-corrected chi connectivity index (χ0v) is 11.5. The fraction of sp³-hybridized carbons (Fsp3) is 0.500. The molecule has 4 nitrogen and oxygen atoms in total. The van der Waals surface area contributed by atoms with Gasteiger partial charge in [0.25, 0.3) is 5.91 Å². The van der Waals surface area contributed by atoms with E-state index in [4.69, 9.17) is 4.42 Å². The van der Waals surface area contributed by atoms with Gasteiger partial charge in [0.1, 0.15) is 6.26 Å². The number of carbonyl (C=O) groups is 1. The standard InChI is InChI=1S/C10H15BrN2O2.ClH/c1-2-3-12-4-5-13-10(14)8-6-9(11)15-7-8;/h6-7,12H,2-5H2,1H3,(H,13,14);1H. The van der Waals surface area contributed by atoms with Crippen molar-refractivity contribution < 1.29 is 9.21 Å². The van der Waals surface area contributed by atoms with Gasteiger partial charge in [0, 0.05) is 19.2 Å². The average Bonchev–Trinajstić information content (AvgIpc) is 2.64. The summed E-state index contributed by atoms with van der Waals surface area (Å²) in [4.78, 5) is 11.5.